The summed E-state index contributed by atoms with van der Waals surface area (Å²) in [7, 11) is 1.63. The van der Waals surface area contributed by atoms with E-state index in [1.165, 1.54) is 5.39 Å². The van der Waals surface area contributed by atoms with Crippen molar-refractivity contribution in [1.82, 2.24) is 0 Å². The second-order valence-corrected chi connectivity index (χ2v) is 4.79. The van der Waals surface area contributed by atoms with Crippen LogP contribution in [0.1, 0.15) is 17.2 Å². The van der Waals surface area contributed by atoms with Crippen molar-refractivity contribution in [2.45, 2.75) is 6.10 Å². The number of benzene rings is 3. The number of methoxy groups -OCH3 is 1. The monoisotopic (exact) mass is 264 g/mol. The van der Waals surface area contributed by atoms with Gasteiger partial charge in [0.15, 0.2) is 0 Å². The van der Waals surface area contributed by atoms with E-state index in [2.05, 4.69) is 12.1 Å². The van der Waals surface area contributed by atoms with E-state index in [1.54, 1.807) is 7.11 Å². The molecule has 1 atom stereocenters. The number of ether oxygens (including phenoxy) is 1. The molecule has 0 saturated carbocycles. The molecule has 1 unspecified atom stereocenters. The van der Waals surface area contributed by atoms with Gasteiger partial charge in [-0.15, -0.1) is 0 Å². The van der Waals surface area contributed by atoms with Crippen LogP contribution in [0.4, 0.5) is 0 Å². The third kappa shape index (κ3) is 2.38. The Labute approximate surface area is 118 Å². The van der Waals surface area contributed by atoms with Gasteiger partial charge in [0.2, 0.25) is 0 Å². The quantitative estimate of drug-likeness (QED) is 0.776. The third-order valence-electron chi connectivity index (χ3n) is 3.50. The number of aliphatic hydroxyl groups excluding tert-OH is 1. The summed E-state index contributed by atoms with van der Waals surface area (Å²) in [6.07, 6.45) is -0.644. The lowest BCUT2D eigenvalue weighted by Crippen LogP contribution is -2.00. The molecule has 0 spiro atoms. The summed E-state index contributed by atoms with van der Waals surface area (Å²) in [6.45, 7) is 0. The predicted octanol–water partition coefficient (Wildman–Crippen LogP) is 3.93. The maximum Gasteiger partial charge on any atom is 0.119 e. The Morgan fingerprint density at radius 2 is 1.55 bits per heavy atom. The van der Waals surface area contributed by atoms with Crippen molar-refractivity contribution >= 4 is 10.8 Å². The molecule has 0 saturated heterocycles. The van der Waals surface area contributed by atoms with Crippen LogP contribution in [0.2, 0.25) is 0 Å². The van der Waals surface area contributed by atoms with E-state index < -0.39 is 6.10 Å². The van der Waals surface area contributed by atoms with Gasteiger partial charge in [-0.3, -0.25) is 0 Å². The van der Waals surface area contributed by atoms with E-state index in [9.17, 15) is 5.11 Å². The number of aliphatic hydroxyl groups is 1. The number of hydrogen-bond donors (Lipinski definition) is 1. The van der Waals surface area contributed by atoms with Gasteiger partial charge in [-0.2, -0.15) is 0 Å². The molecule has 3 aromatic carbocycles. The van der Waals surface area contributed by atoms with Gasteiger partial charge in [-0.1, -0.05) is 48.5 Å². The van der Waals surface area contributed by atoms with Crippen LogP contribution >= 0.6 is 0 Å². The zero-order chi connectivity index (χ0) is 13.9. The second-order valence-electron chi connectivity index (χ2n) is 4.79. The Hall–Kier alpha value is -2.32. The zero-order valence-corrected chi connectivity index (χ0v) is 11.3. The summed E-state index contributed by atoms with van der Waals surface area (Å²) in [5.41, 5.74) is 1.72. The molecule has 3 aromatic rings. The van der Waals surface area contributed by atoms with Gasteiger partial charge in [0.1, 0.15) is 11.9 Å². The Morgan fingerprint density at radius 3 is 2.35 bits per heavy atom. The van der Waals surface area contributed by atoms with Crippen LogP contribution < -0.4 is 4.74 Å². The van der Waals surface area contributed by atoms with Gasteiger partial charge in [0.25, 0.3) is 0 Å². The van der Waals surface area contributed by atoms with Gasteiger partial charge in [0.05, 0.1) is 7.11 Å². The third-order valence-corrected chi connectivity index (χ3v) is 3.50. The molecule has 0 aromatic heterocycles. The maximum absolute atomic E-state index is 10.5. The van der Waals surface area contributed by atoms with Crippen LogP contribution in [0.3, 0.4) is 0 Å². The van der Waals surface area contributed by atoms with Crippen molar-refractivity contribution in [3.63, 3.8) is 0 Å². The van der Waals surface area contributed by atoms with Gasteiger partial charge < -0.3 is 9.84 Å². The molecule has 2 nitrogen and oxygen atoms in total. The smallest absolute Gasteiger partial charge is 0.119 e. The molecule has 100 valence electrons. The highest BCUT2D eigenvalue weighted by molar-refractivity contribution is 5.83. The summed E-state index contributed by atoms with van der Waals surface area (Å²) < 4.78 is 5.20. The van der Waals surface area contributed by atoms with Crippen LogP contribution in [0.25, 0.3) is 10.8 Å². The highest BCUT2D eigenvalue weighted by atomic mass is 16.5. The predicted molar refractivity (Wildman–Crippen MR) is 81.0 cm³/mol. The van der Waals surface area contributed by atoms with Crippen molar-refractivity contribution in [3.8, 4) is 5.75 Å². The summed E-state index contributed by atoms with van der Waals surface area (Å²) >= 11 is 0. The number of rotatable bonds is 3. The SMILES string of the molecule is COc1cccc(C(O)c2ccc3ccccc3c2)c1. The Morgan fingerprint density at radius 1 is 0.800 bits per heavy atom. The first-order chi connectivity index (χ1) is 9.78. The Kier molecular flexibility index (Phi) is 3.40. The molecule has 0 aliphatic carbocycles. The maximum atomic E-state index is 10.5. The van der Waals surface area contributed by atoms with Gasteiger partial charge in [0, 0.05) is 0 Å². The first-order valence-corrected chi connectivity index (χ1v) is 6.58. The lowest BCUT2D eigenvalue weighted by atomic mass is 9.98. The van der Waals surface area contributed by atoms with E-state index in [4.69, 9.17) is 4.74 Å². The largest absolute Gasteiger partial charge is 0.497 e. The molecular weight excluding hydrogens is 248 g/mol. The summed E-state index contributed by atoms with van der Waals surface area (Å²) in [4.78, 5) is 0. The molecule has 2 heteroatoms. The van der Waals surface area contributed by atoms with Crippen LogP contribution in [0.5, 0.6) is 5.75 Å². The lowest BCUT2D eigenvalue weighted by molar-refractivity contribution is 0.220. The lowest BCUT2D eigenvalue weighted by Gasteiger charge is -2.13. The van der Waals surface area contributed by atoms with E-state index in [0.29, 0.717) is 0 Å². The molecule has 0 amide bonds. The molecular formula is C18H16O2. The summed E-state index contributed by atoms with van der Waals surface area (Å²) in [5.74, 6) is 0.752. The normalized spacial score (nSPS) is 12.3. The minimum Gasteiger partial charge on any atom is -0.497 e. The molecule has 0 heterocycles. The van der Waals surface area contributed by atoms with Crippen LogP contribution in [0, 0.1) is 0 Å². The van der Waals surface area contributed by atoms with Gasteiger partial charge in [-0.05, 0) is 40.1 Å². The zero-order valence-electron chi connectivity index (χ0n) is 11.3. The molecule has 0 aliphatic heterocycles. The molecule has 3 rings (SSSR count). The van der Waals surface area contributed by atoms with Crippen molar-refractivity contribution in [3.05, 3.63) is 77.9 Å². The fourth-order valence-electron chi connectivity index (χ4n) is 2.38. The van der Waals surface area contributed by atoms with Crippen LogP contribution in [-0.4, -0.2) is 12.2 Å². The Bertz CT molecular complexity index is 734. The fraction of sp³-hybridized carbons (Fsp3) is 0.111. The van der Waals surface area contributed by atoms with E-state index in [-0.39, 0.29) is 0 Å². The van der Waals surface area contributed by atoms with Crippen molar-refractivity contribution in [1.29, 1.82) is 0 Å². The fourth-order valence-corrected chi connectivity index (χ4v) is 2.38. The average molecular weight is 264 g/mol. The molecule has 0 radical (unpaired) electrons. The second kappa shape index (κ2) is 5.35. The van der Waals surface area contributed by atoms with Crippen molar-refractivity contribution < 1.29 is 9.84 Å². The standard InChI is InChI=1S/C18H16O2/c1-20-17-8-4-7-15(12-17)18(19)16-10-9-13-5-2-3-6-14(13)11-16/h2-12,18-19H,1H3. The number of fused-ring (bicyclic) bond motifs is 1. The minimum absolute atomic E-state index is 0.644. The topological polar surface area (TPSA) is 29.5 Å². The van der Waals surface area contributed by atoms with Crippen molar-refractivity contribution in [2.75, 3.05) is 7.11 Å². The van der Waals surface area contributed by atoms with Crippen LogP contribution in [0.15, 0.2) is 66.7 Å². The Balaban J connectivity index is 2.00. The van der Waals surface area contributed by atoms with Crippen molar-refractivity contribution in [2.24, 2.45) is 0 Å². The number of hydrogen-bond acceptors (Lipinski definition) is 2. The molecule has 0 bridgehead atoms. The first-order valence-electron chi connectivity index (χ1n) is 6.58. The molecule has 1 N–H and O–H groups in total. The first kappa shape index (κ1) is 12.7. The molecule has 20 heavy (non-hydrogen) atoms. The van der Waals surface area contributed by atoms with E-state index in [1.807, 2.05) is 54.6 Å². The minimum atomic E-state index is -0.644. The highest BCUT2D eigenvalue weighted by Gasteiger charge is 2.11. The molecule has 0 aliphatic rings. The van der Waals surface area contributed by atoms with Gasteiger partial charge in [-0.25, -0.2) is 0 Å². The average Bonchev–Trinajstić information content (AvgIpc) is 2.53. The van der Waals surface area contributed by atoms with Gasteiger partial charge >= 0.3 is 0 Å². The highest BCUT2D eigenvalue weighted by Crippen LogP contribution is 2.27. The van der Waals surface area contributed by atoms with E-state index in [0.717, 1.165) is 22.3 Å². The summed E-state index contributed by atoms with van der Waals surface area (Å²) in [6, 6.07) is 21.7. The van der Waals surface area contributed by atoms with E-state index >= 15 is 0 Å². The molecule has 0 fully saturated rings. The summed E-state index contributed by atoms with van der Waals surface area (Å²) in [5, 5.41) is 12.8. The van der Waals surface area contributed by atoms with Crippen LogP contribution in [-0.2, 0) is 0 Å².